The molecule has 1 aliphatic heterocycles. The lowest BCUT2D eigenvalue weighted by molar-refractivity contribution is -0.328. The molecule has 5 atom stereocenters. The third kappa shape index (κ3) is 9.43. The Kier molecular flexibility index (Phi) is 12.9. The van der Waals surface area contributed by atoms with E-state index in [0.29, 0.717) is 0 Å². The quantitative estimate of drug-likeness (QED) is 0.0683. The maximum absolute atomic E-state index is 13.1. The van der Waals surface area contributed by atoms with Crippen LogP contribution in [0.4, 0.5) is 0 Å². The molecule has 0 spiro atoms. The number of nitrogens with zero attached hydrogens (tertiary/aromatic N) is 1. The van der Waals surface area contributed by atoms with E-state index in [4.69, 9.17) is 33.2 Å². The molecule has 1 aromatic heterocycles. The monoisotopic (exact) mass is 702 g/mol. The summed E-state index contributed by atoms with van der Waals surface area (Å²) in [7, 11) is -2.18. The highest BCUT2D eigenvalue weighted by atomic mass is 127. The van der Waals surface area contributed by atoms with E-state index in [0.717, 1.165) is 0 Å². The van der Waals surface area contributed by atoms with Crippen LogP contribution in [0, 0.1) is 0 Å². The van der Waals surface area contributed by atoms with Gasteiger partial charge in [0.15, 0.2) is 5.35 Å². The molecule has 0 aromatic carbocycles. The second-order valence-corrected chi connectivity index (χ2v) is 14.7. The van der Waals surface area contributed by atoms with Crippen molar-refractivity contribution in [2.24, 2.45) is 0 Å². The second-order valence-electron chi connectivity index (χ2n) is 10.3. The molecule has 40 heavy (non-hydrogen) atoms. The van der Waals surface area contributed by atoms with Crippen molar-refractivity contribution in [1.29, 1.82) is 0 Å². The summed E-state index contributed by atoms with van der Waals surface area (Å²) in [6, 6.07) is 1.19. The highest BCUT2D eigenvalue weighted by Gasteiger charge is 2.62. The molecular formula is C24H39IN2O12Si. The van der Waals surface area contributed by atoms with Gasteiger partial charge in [-0.05, 0) is 43.4 Å². The summed E-state index contributed by atoms with van der Waals surface area (Å²) in [5.41, 5.74) is -2.06. The summed E-state index contributed by atoms with van der Waals surface area (Å²) >= 11 is 1.80. The molecule has 0 radical (unpaired) electrons. The van der Waals surface area contributed by atoms with E-state index in [1.54, 1.807) is 22.6 Å². The van der Waals surface area contributed by atoms with Crippen molar-refractivity contribution in [2.75, 3.05) is 26.4 Å². The number of aromatic nitrogens is 2. The van der Waals surface area contributed by atoms with Gasteiger partial charge in [-0.15, -0.1) is 0 Å². The molecule has 16 heteroatoms. The van der Waals surface area contributed by atoms with E-state index in [2.05, 4.69) is 4.98 Å². The van der Waals surface area contributed by atoms with Crippen LogP contribution < -0.4 is 11.2 Å². The summed E-state index contributed by atoms with van der Waals surface area (Å²) in [4.78, 5) is 49.7. The minimum absolute atomic E-state index is 0.0931. The van der Waals surface area contributed by atoms with Gasteiger partial charge in [-0.3, -0.25) is 23.9 Å². The van der Waals surface area contributed by atoms with Gasteiger partial charge in [0.2, 0.25) is 0 Å². The number of esters is 2. The Morgan fingerprint density at radius 3 is 2.10 bits per heavy atom. The minimum Gasteiger partial charge on any atom is -0.463 e. The van der Waals surface area contributed by atoms with E-state index < -0.39 is 71.8 Å². The van der Waals surface area contributed by atoms with Crippen molar-refractivity contribution in [3.63, 3.8) is 0 Å². The van der Waals surface area contributed by atoms with E-state index >= 15 is 0 Å². The van der Waals surface area contributed by atoms with Crippen molar-refractivity contribution in [3.05, 3.63) is 33.1 Å². The van der Waals surface area contributed by atoms with E-state index in [9.17, 15) is 24.3 Å². The first-order valence-corrected chi connectivity index (χ1v) is 16.9. The van der Waals surface area contributed by atoms with Gasteiger partial charge >= 0.3 is 17.6 Å². The highest BCUT2D eigenvalue weighted by molar-refractivity contribution is 14.1. The second kappa shape index (κ2) is 15.0. The number of hydrogen-bond donors (Lipinski definition) is 2. The Morgan fingerprint density at radius 2 is 1.68 bits per heavy atom. The Morgan fingerprint density at radius 1 is 1.12 bits per heavy atom. The van der Waals surface area contributed by atoms with Crippen LogP contribution in [-0.2, 0) is 48.1 Å². The molecule has 0 saturated carbocycles. The standard InChI is InChI=1S/C24H39IN2O12Si/c1-14(28)33-10-12-35-22(36-13-11-34-15(2)29)37-19-17(38-23(3,4)5)18(20(25)31)39-24(19,40(6)7)27-9-8-16(30)26-21(27)32/h8-9,17-20,22,31,40H,10-13H2,1-7H3,(H,26,30,32)/t17-,18+,19-,20?,24+/m1/s1. The number of halogens is 1. The van der Waals surface area contributed by atoms with Crippen molar-refractivity contribution in [1.82, 2.24) is 9.55 Å². The topological polar surface area (TPSA) is 174 Å². The summed E-state index contributed by atoms with van der Waals surface area (Å²) in [5.74, 6) is -0.998. The van der Waals surface area contributed by atoms with Crippen molar-refractivity contribution < 1.29 is 47.9 Å². The molecule has 1 saturated heterocycles. The van der Waals surface area contributed by atoms with Crippen LogP contribution in [0.1, 0.15) is 34.6 Å². The van der Waals surface area contributed by atoms with Crippen LogP contribution in [0.5, 0.6) is 0 Å². The summed E-state index contributed by atoms with van der Waals surface area (Å²) in [6.45, 7) is 9.99. The molecule has 1 fully saturated rings. The number of carbonyl (C=O) groups is 2. The largest absolute Gasteiger partial charge is 0.463 e. The van der Waals surface area contributed by atoms with Crippen molar-refractivity contribution in [3.8, 4) is 0 Å². The number of rotatable bonds is 14. The lowest BCUT2D eigenvalue weighted by Crippen LogP contribution is -2.61. The number of carbonyl (C=O) groups excluding carboxylic acids is 2. The zero-order chi connectivity index (χ0) is 30.3. The van der Waals surface area contributed by atoms with Crippen LogP contribution in [0.2, 0.25) is 13.1 Å². The van der Waals surface area contributed by atoms with Gasteiger partial charge in [0.05, 0.1) is 27.6 Å². The molecule has 228 valence electrons. The average Bonchev–Trinajstić information content (AvgIpc) is 3.12. The van der Waals surface area contributed by atoms with Gasteiger partial charge in [0.1, 0.15) is 35.6 Å². The third-order valence-electron chi connectivity index (χ3n) is 5.69. The van der Waals surface area contributed by atoms with E-state index in [1.807, 2.05) is 33.9 Å². The van der Waals surface area contributed by atoms with Gasteiger partial charge in [-0.2, -0.15) is 0 Å². The lowest BCUT2D eigenvalue weighted by Gasteiger charge is -2.41. The highest BCUT2D eigenvalue weighted by Crippen LogP contribution is 2.44. The number of aliphatic hydroxyl groups is 1. The van der Waals surface area contributed by atoms with Crippen LogP contribution in [-0.4, -0.2) is 96.3 Å². The smallest absolute Gasteiger partial charge is 0.330 e. The molecule has 14 nitrogen and oxygen atoms in total. The number of aromatic amines is 1. The Hall–Kier alpha value is -1.67. The van der Waals surface area contributed by atoms with Gasteiger partial charge in [0, 0.05) is 26.1 Å². The van der Waals surface area contributed by atoms with Crippen LogP contribution in [0.25, 0.3) is 0 Å². The number of ether oxygens (including phenoxy) is 7. The molecule has 1 unspecified atom stereocenters. The Bertz CT molecular complexity index is 1080. The average molecular weight is 703 g/mol. The first-order chi connectivity index (χ1) is 18.6. The fraction of sp³-hybridized carbons (Fsp3) is 0.750. The number of hydrogen-bond acceptors (Lipinski definition) is 12. The number of aliphatic hydroxyl groups excluding tert-OH is 1. The molecule has 1 aromatic rings. The first kappa shape index (κ1) is 34.5. The van der Waals surface area contributed by atoms with E-state index in [-0.39, 0.29) is 26.4 Å². The number of alkyl halides is 1. The van der Waals surface area contributed by atoms with E-state index in [1.165, 1.54) is 30.7 Å². The summed E-state index contributed by atoms with van der Waals surface area (Å²) in [5, 5.41) is 9.25. The fourth-order valence-corrected chi connectivity index (χ4v) is 6.89. The fourth-order valence-electron chi connectivity index (χ4n) is 4.22. The van der Waals surface area contributed by atoms with Crippen LogP contribution >= 0.6 is 22.6 Å². The summed E-state index contributed by atoms with van der Waals surface area (Å²) in [6.07, 6.45) is -1.67. The van der Waals surface area contributed by atoms with Crippen LogP contribution in [0.3, 0.4) is 0 Å². The number of nitrogens with one attached hydrogen (secondary N) is 1. The zero-order valence-electron chi connectivity index (χ0n) is 23.7. The third-order valence-corrected chi connectivity index (χ3v) is 8.79. The Balaban J connectivity index is 2.58. The van der Waals surface area contributed by atoms with Crippen molar-refractivity contribution >= 4 is 43.3 Å². The van der Waals surface area contributed by atoms with Gasteiger partial charge in [-0.25, -0.2) is 4.79 Å². The minimum atomic E-state index is -2.18. The zero-order valence-corrected chi connectivity index (χ0v) is 27.0. The maximum atomic E-state index is 13.1. The van der Waals surface area contributed by atoms with Gasteiger partial charge in [0.25, 0.3) is 12.0 Å². The maximum Gasteiger partial charge on any atom is 0.330 e. The first-order valence-electron chi connectivity index (χ1n) is 12.7. The van der Waals surface area contributed by atoms with Gasteiger partial charge in [-0.1, -0.05) is 13.1 Å². The Labute approximate surface area is 247 Å². The molecule has 1 aliphatic rings. The normalized spacial score (nSPS) is 23.9. The SMILES string of the molecule is CC(=O)OCCOC(OCCOC(C)=O)O[C@@H]1[C@H](OC(C)(C)C)[C@@H](C(O)I)O[C@]1(n1ccc(=O)[nH]c1=O)[SiH](C)C. The van der Waals surface area contributed by atoms with Gasteiger partial charge < -0.3 is 38.3 Å². The van der Waals surface area contributed by atoms with Crippen molar-refractivity contribution in [2.45, 2.75) is 87.6 Å². The summed E-state index contributed by atoms with van der Waals surface area (Å²) < 4.78 is 40.7. The van der Waals surface area contributed by atoms with Crippen LogP contribution in [0.15, 0.2) is 21.9 Å². The predicted octanol–water partition coefficient (Wildman–Crippen LogP) is 0.379. The predicted molar refractivity (Wildman–Crippen MR) is 152 cm³/mol. The lowest BCUT2D eigenvalue weighted by atomic mass is 10.1. The molecular weight excluding hydrogens is 663 g/mol. The molecule has 2 N–H and O–H groups in total. The molecule has 2 heterocycles. The molecule has 0 amide bonds. The molecule has 0 aliphatic carbocycles. The molecule has 2 rings (SSSR count). The molecule has 0 bridgehead atoms. The number of H-pyrrole nitrogens is 1.